The van der Waals surface area contributed by atoms with Crippen LogP contribution in [0.25, 0.3) is 0 Å². The number of hydrogen-bond donors (Lipinski definition) is 1. The average Bonchev–Trinajstić information content (AvgIpc) is 2.26. The average molecular weight is 234 g/mol. The molecule has 17 heavy (non-hydrogen) atoms. The van der Waals surface area contributed by atoms with Crippen LogP contribution in [0.15, 0.2) is 6.07 Å². The van der Waals surface area contributed by atoms with Gasteiger partial charge in [-0.05, 0) is 13.8 Å². The van der Waals surface area contributed by atoms with E-state index in [1.165, 1.54) is 0 Å². The minimum absolute atomic E-state index is 0.158. The van der Waals surface area contributed by atoms with E-state index >= 15 is 0 Å². The fourth-order valence-electron chi connectivity index (χ4n) is 2.55. The van der Waals surface area contributed by atoms with Crippen molar-refractivity contribution in [3.8, 4) is 0 Å². The lowest BCUT2D eigenvalue weighted by Gasteiger charge is -2.49. The summed E-state index contributed by atoms with van der Waals surface area (Å²) < 4.78 is 5.33. The van der Waals surface area contributed by atoms with E-state index in [0.29, 0.717) is 0 Å². The maximum absolute atomic E-state index is 5.33. The van der Waals surface area contributed by atoms with Crippen LogP contribution >= 0.6 is 0 Å². The molecule has 1 spiro atoms. The first-order valence-corrected chi connectivity index (χ1v) is 6.07. The maximum atomic E-state index is 5.33. The molecule has 2 aliphatic rings. The number of piperazine rings is 1. The number of nitrogens with one attached hydrogen (secondary N) is 1. The molecule has 5 nitrogen and oxygen atoms in total. The van der Waals surface area contributed by atoms with Crippen molar-refractivity contribution in [2.24, 2.45) is 0 Å². The summed E-state index contributed by atoms with van der Waals surface area (Å²) in [7, 11) is 0. The fraction of sp³-hybridized carbons (Fsp3) is 0.667. The molecule has 5 heteroatoms. The van der Waals surface area contributed by atoms with Gasteiger partial charge < -0.3 is 15.0 Å². The number of hydrogen-bond acceptors (Lipinski definition) is 5. The van der Waals surface area contributed by atoms with Crippen LogP contribution in [0.3, 0.4) is 0 Å². The van der Waals surface area contributed by atoms with E-state index in [1.807, 2.05) is 13.8 Å². The van der Waals surface area contributed by atoms with Crippen molar-refractivity contribution in [1.82, 2.24) is 15.3 Å². The van der Waals surface area contributed by atoms with E-state index in [0.717, 1.165) is 50.2 Å². The molecule has 2 saturated heterocycles. The van der Waals surface area contributed by atoms with Gasteiger partial charge in [0, 0.05) is 31.4 Å². The van der Waals surface area contributed by atoms with Crippen LogP contribution in [0.2, 0.25) is 0 Å². The number of nitrogens with zero attached hydrogens (tertiary/aromatic N) is 3. The zero-order valence-electron chi connectivity index (χ0n) is 10.4. The summed E-state index contributed by atoms with van der Waals surface area (Å²) in [5.74, 6) is 1.89. The summed E-state index contributed by atoms with van der Waals surface area (Å²) in [5, 5.41) is 3.55. The second-order valence-electron chi connectivity index (χ2n) is 5.04. The van der Waals surface area contributed by atoms with E-state index in [9.17, 15) is 0 Å². The van der Waals surface area contributed by atoms with Gasteiger partial charge in [0.25, 0.3) is 0 Å². The van der Waals surface area contributed by atoms with Gasteiger partial charge in [-0.1, -0.05) is 0 Å². The van der Waals surface area contributed by atoms with Crippen molar-refractivity contribution in [3.63, 3.8) is 0 Å². The van der Waals surface area contributed by atoms with Gasteiger partial charge in [-0.15, -0.1) is 0 Å². The first-order chi connectivity index (χ1) is 8.17. The Balaban J connectivity index is 1.83. The summed E-state index contributed by atoms with van der Waals surface area (Å²) in [6.45, 7) is 8.55. The molecule has 3 rings (SSSR count). The third-order valence-corrected chi connectivity index (χ3v) is 3.41. The Morgan fingerprint density at radius 2 is 2.18 bits per heavy atom. The largest absolute Gasteiger partial charge is 0.377 e. The Labute approximate surface area is 101 Å². The zero-order chi connectivity index (χ0) is 11.9. The number of ether oxygens (including phenoxy) is 1. The molecule has 0 amide bonds. The lowest BCUT2D eigenvalue weighted by Crippen LogP contribution is -2.70. The minimum Gasteiger partial charge on any atom is -0.377 e. The SMILES string of the molecule is Cc1cc(N2CCNC3(COC3)C2)nc(C)n1. The van der Waals surface area contributed by atoms with Crippen LogP contribution in [0, 0.1) is 13.8 Å². The van der Waals surface area contributed by atoms with Crippen molar-refractivity contribution in [3.05, 3.63) is 17.6 Å². The maximum Gasteiger partial charge on any atom is 0.132 e. The predicted molar refractivity (Wildman–Crippen MR) is 65.3 cm³/mol. The van der Waals surface area contributed by atoms with Gasteiger partial charge in [-0.25, -0.2) is 9.97 Å². The molecule has 2 fully saturated rings. The van der Waals surface area contributed by atoms with Crippen LogP contribution in [-0.2, 0) is 4.74 Å². The first-order valence-electron chi connectivity index (χ1n) is 6.07. The molecule has 0 bridgehead atoms. The molecule has 3 heterocycles. The molecule has 0 radical (unpaired) electrons. The molecule has 92 valence electrons. The number of anilines is 1. The monoisotopic (exact) mass is 234 g/mol. The van der Waals surface area contributed by atoms with Crippen LogP contribution in [0.4, 0.5) is 5.82 Å². The third-order valence-electron chi connectivity index (χ3n) is 3.41. The van der Waals surface area contributed by atoms with Crippen LogP contribution in [-0.4, -0.2) is 48.4 Å². The van der Waals surface area contributed by atoms with Crippen molar-refractivity contribution < 1.29 is 4.74 Å². The Morgan fingerprint density at radius 3 is 2.82 bits per heavy atom. The van der Waals surface area contributed by atoms with E-state index in [-0.39, 0.29) is 5.54 Å². The summed E-state index contributed by atoms with van der Waals surface area (Å²) in [6.07, 6.45) is 0. The summed E-state index contributed by atoms with van der Waals surface area (Å²) in [6, 6.07) is 2.06. The van der Waals surface area contributed by atoms with Gasteiger partial charge in [-0.2, -0.15) is 0 Å². The van der Waals surface area contributed by atoms with E-state index < -0.39 is 0 Å². The fourth-order valence-corrected chi connectivity index (χ4v) is 2.55. The van der Waals surface area contributed by atoms with Gasteiger partial charge in [-0.3, -0.25) is 0 Å². The van der Waals surface area contributed by atoms with Crippen molar-refractivity contribution in [2.45, 2.75) is 19.4 Å². The Kier molecular flexibility index (Phi) is 2.52. The highest BCUT2D eigenvalue weighted by molar-refractivity contribution is 5.41. The summed E-state index contributed by atoms with van der Waals surface area (Å²) in [5.41, 5.74) is 1.19. The van der Waals surface area contributed by atoms with Gasteiger partial charge in [0.05, 0.1) is 18.8 Å². The number of rotatable bonds is 1. The summed E-state index contributed by atoms with van der Waals surface area (Å²) in [4.78, 5) is 11.2. The highest BCUT2D eigenvalue weighted by Crippen LogP contribution is 2.24. The normalized spacial score (nSPS) is 22.6. The number of aromatic nitrogens is 2. The van der Waals surface area contributed by atoms with Gasteiger partial charge >= 0.3 is 0 Å². The van der Waals surface area contributed by atoms with E-state index in [4.69, 9.17) is 4.74 Å². The quantitative estimate of drug-likeness (QED) is 0.756. The molecule has 0 atom stereocenters. The lowest BCUT2D eigenvalue weighted by molar-refractivity contribution is -0.0743. The predicted octanol–water partition coefficient (Wildman–Crippen LogP) is 0.272. The first kappa shape index (κ1) is 10.9. The Hall–Kier alpha value is -1.20. The number of aryl methyl sites for hydroxylation is 2. The molecule has 0 aromatic carbocycles. The summed E-state index contributed by atoms with van der Waals surface area (Å²) >= 11 is 0. The molecule has 1 N–H and O–H groups in total. The standard InChI is InChI=1S/C12H18N4O/c1-9-5-11(15-10(2)14-9)16-4-3-13-12(6-16)7-17-8-12/h5,13H,3-4,6-8H2,1-2H3. The van der Waals surface area contributed by atoms with E-state index in [1.54, 1.807) is 0 Å². The second-order valence-corrected chi connectivity index (χ2v) is 5.04. The lowest BCUT2D eigenvalue weighted by atomic mass is 9.94. The minimum atomic E-state index is 0.158. The van der Waals surface area contributed by atoms with Crippen LogP contribution in [0.5, 0.6) is 0 Å². The van der Waals surface area contributed by atoms with Gasteiger partial charge in [0.1, 0.15) is 11.6 Å². The molecule has 0 unspecified atom stereocenters. The molecular formula is C12H18N4O. The van der Waals surface area contributed by atoms with Crippen molar-refractivity contribution >= 4 is 5.82 Å². The zero-order valence-corrected chi connectivity index (χ0v) is 10.4. The van der Waals surface area contributed by atoms with Gasteiger partial charge in [0.2, 0.25) is 0 Å². The molecule has 1 aromatic rings. The molecule has 0 saturated carbocycles. The second kappa shape index (κ2) is 3.92. The highest BCUT2D eigenvalue weighted by atomic mass is 16.5. The molecule has 2 aliphatic heterocycles. The Morgan fingerprint density at radius 1 is 1.35 bits per heavy atom. The Bertz CT molecular complexity index is 410. The smallest absolute Gasteiger partial charge is 0.132 e. The van der Waals surface area contributed by atoms with Crippen LogP contribution < -0.4 is 10.2 Å². The molecular weight excluding hydrogens is 216 g/mol. The van der Waals surface area contributed by atoms with E-state index in [2.05, 4.69) is 26.3 Å². The van der Waals surface area contributed by atoms with Gasteiger partial charge in [0.15, 0.2) is 0 Å². The van der Waals surface area contributed by atoms with Crippen molar-refractivity contribution in [1.29, 1.82) is 0 Å². The topological polar surface area (TPSA) is 50.3 Å². The van der Waals surface area contributed by atoms with Crippen LogP contribution in [0.1, 0.15) is 11.5 Å². The third kappa shape index (κ3) is 2.00. The molecule has 1 aromatic heterocycles. The molecule has 0 aliphatic carbocycles. The van der Waals surface area contributed by atoms with Crippen molar-refractivity contribution in [2.75, 3.05) is 37.7 Å². The highest BCUT2D eigenvalue weighted by Gasteiger charge is 2.42.